The molecule has 0 aliphatic carbocycles. The molecule has 0 fully saturated rings. The number of methoxy groups -OCH3 is 1. The summed E-state index contributed by atoms with van der Waals surface area (Å²) in [5.41, 5.74) is 1.71. The molecule has 0 aliphatic rings. The van der Waals surface area contributed by atoms with Gasteiger partial charge in [0.2, 0.25) is 11.8 Å². The van der Waals surface area contributed by atoms with Gasteiger partial charge in [-0.2, -0.15) is 0 Å². The van der Waals surface area contributed by atoms with Crippen molar-refractivity contribution in [3.8, 4) is 17.2 Å². The maximum absolute atomic E-state index is 13.0. The lowest BCUT2D eigenvalue weighted by Gasteiger charge is -2.18. The minimum Gasteiger partial charge on any atom is -0.497 e. The summed E-state index contributed by atoms with van der Waals surface area (Å²) in [7, 11) is 1.58. The number of ether oxygens (including phenoxy) is 2. The molecule has 0 aliphatic heterocycles. The fraction of sp³-hybridized carbons (Fsp3) is 0.200. The molecule has 2 amide bonds. The van der Waals surface area contributed by atoms with E-state index < -0.39 is 6.04 Å². The Hall–Kier alpha value is -3.87. The maximum Gasteiger partial charge on any atom is 0.222 e. The van der Waals surface area contributed by atoms with E-state index in [2.05, 4.69) is 10.6 Å². The zero-order chi connectivity index (χ0) is 22.9. The van der Waals surface area contributed by atoms with E-state index in [9.17, 15) is 14.0 Å². The molecule has 166 valence electrons. The first-order valence-electron chi connectivity index (χ1n) is 10.1. The predicted octanol–water partition coefficient (Wildman–Crippen LogP) is 4.51. The van der Waals surface area contributed by atoms with Crippen LogP contribution in [0.1, 0.15) is 30.5 Å². The molecule has 6 nitrogen and oxygen atoms in total. The summed E-state index contributed by atoms with van der Waals surface area (Å²) < 4.78 is 23.8. The summed E-state index contributed by atoms with van der Waals surface area (Å²) in [4.78, 5) is 24.1. The third-order valence-corrected chi connectivity index (χ3v) is 4.75. The second-order valence-electron chi connectivity index (χ2n) is 7.21. The van der Waals surface area contributed by atoms with Gasteiger partial charge in [-0.15, -0.1) is 0 Å². The molecule has 7 heteroatoms. The van der Waals surface area contributed by atoms with Gasteiger partial charge in [0.1, 0.15) is 23.1 Å². The summed E-state index contributed by atoms with van der Waals surface area (Å²) in [6, 6.07) is 19.8. The zero-order valence-electron chi connectivity index (χ0n) is 17.9. The molecule has 0 aromatic heterocycles. The van der Waals surface area contributed by atoms with Crippen LogP contribution in [0, 0.1) is 5.82 Å². The summed E-state index contributed by atoms with van der Waals surface area (Å²) >= 11 is 0. The number of halogens is 1. The van der Waals surface area contributed by atoms with Crippen LogP contribution in [0.2, 0.25) is 0 Å². The lowest BCUT2D eigenvalue weighted by atomic mass is 10.0. The molecule has 32 heavy (non-hydrogen) atoms. The van der Waals surface area contributed by atoms with E-state index in [1.165, 1.54) is 19.1 Å². The Balaban J connectivity index is 1.54. The highest BCUT2D eigenvalue weighted by Crippen LogP contribution is 2.23. The van der Waals surface area contributed by atoms with Crippen LogP contribution in [0.3, 0.4) is 0 Å². The van der Waals surface area contributed by atoms with Crippen LogP contribution in [0.25, 0.3) is 0 Å². The summed E-state index contributed by atoms with van der Waals surface area (Å²) in [6.07, 6.45) is 0.109. The van der Waals surface area contributed by atoms with E-state index in [1.54, 1.807) is 43.5 Å². The van der Waals surface area contributed by atoms with Crippen molar-refractivity contribution < 1.29 is 23.5 Å². The van der Waals surface area contributed by atoms with Crippen LogP contribution in [-0.2, 0) is 16.1 Å². The first-order chi connectivity index (χ1) is 15.4. The molecule has 0 saturated carbocycles. The van der Waals surface area contributed by atoms with Gasteiger partial charge in [0.05, 0.1) is 19.6 Å². The molecule has 0 saturated heterocycles. The van der Waals surface area contributed by atoms with Crippen LogP contribution in [0.4, 0.5) is 4.39 Å². The van der Waals surface area contributed by atoms with E-state index in [0.29, 0.717) is 23.8 Å². The monoisotopic (exact) mass is 436 g/mol. The molecular formula is C25H25FN2O4. The van der Waals surface area contributed by atoms with Crippen LogP contribution < -0.4 is 20.1 Å². The number of benzene rings is 3. The number of carbonyl (C=O) groups is 2. The van der Waals surface area contributed by atoms with Gasteiger partial charge in [-0.05, 0) is 59.7 Å². The third-order valence-electron chi connectivity index (χ3n) is 4.75. The van der Waals surface area contributed by atoms with Gasteiger partial charge < -0.3 is 20.1 Å². The molecule has 3 rings (SSSR count). The molecule has 3 aromatic rings. The first-order valence-corrected chi connectivity index (χ1v) is 10.1. The second-order valence-corrected chi connectivity index (χ2v) is 7.21. The Labute approximate surface area is 186 Å². The maximum atomic E-state index is 13.0. The number of hydrogen-bond donors (Lipinski definition) is 2. The lowest BCUT2D eigenvalue weighted by molar-refractivity contribution is -0.122. The van der Waals surface area contributed by atoms with E-state index in [0.717, 1.165) is 11.1 Å². The minimum absolute atomic E-state index is 0.109. The number of hydrogen-bond acceptors (Lipinski definition) is 4. The fourth-order valence-corrected chi connectivity index (χ4v) is 3.11. The summed E-state index contributed by atoms with van der Waals surface area (Å²) in [5, 5.41) is 5.69. The van der Waals surface area contributed by atoms with Crippen molar-refractivity contribution in [1.82, 2.24) is 10.6 Å². The van der Waals surface area contributed by atoms with Gasteiger partial charge >= 0.3 is 0 Å². The standard InChI is InChI=1S/C25H25FN2O4/c1-17(29)28-24(19-5-11-21(31-2)12-6-19)15-25(30)27-16-18-3-9-22(10-4-18)32-23-13-7-20(26)8-14-23/h3-14,24H,15-16H2,1-2H3,(H,27,30)(H,28,29). The quantitative estimate of drug-likeness (QED) is 0.518. The highest BCUT2D eigenvalue weighted by atomic mass is 19.1. The Kier molecular flexibility index (Phi) is 7.80. The Morgan fingerprint density at radius 1 is 0.875 bits per heavy atom. The Morgan fingerprint density at radius 3 is 2.00 bits per heavy atom. The summed E-state index contributed by atoms with van der Waals surface area (Å²) in [5.74, 6) is 1.12. The molecule has 0 spiro atoms. The van der Waals surface area contributed by atoms with E-state index in [-0.39, 0.29) is 24.1 Å². The molecule has 1 atom stereocenters. The minimum atomic E-state index is -0.440. The van der Waals surface area contributed by atoms with Crippen molar-refractivity contribution in [1.29, 1.82) is 0 Å². The van der Waals surface area contributed by atoms with Gasteiger partial charge in [-0.1, -0.05) is 24.3 Å². The molecule has 0 bridgehead atoms. The number of amides is 2. The van der Waals surface area contributed by atoms with Crippen molar-refractivity contribution in [2.24, 2.45) is 0 Å². The van der Waals surface area contributed by atoms with E-state index in [4.69, 9.17) is 9.47 Å². The normalized spacial score (nSPS) is 11.3. The van der Waals surface area contributed by atoms with Gasteiger partial charge in [0.15, 0.2) is 0 Å². The van der Waals surface area contributed by atoms with Gasteiger partial charge in [-0.25, -0.2) is 4.39 Å². The van der Waals surface area contributed by atoms with Crippen LogP contribution in [0.15, 0.2) is 72.8 Å². The highest BCUT2D eigenvalue weighted by Gasteiger charge is 2.17. The SMILES string of the molecule is COc1ccc(C(CC(=O)NCc2ccc(Oc3ccc(F)cc3)cc2)NC(C)=O)cc1. The molecule has 0 heterocycles. The smallest absolute Gasteiger partial charge is 0.222 e. The van der Waals surface area contributed by atoms with Crippen molar-refractivity contribution >= 4 is 11.8 Å². The summed E-state index contributed by atoms with van der Waals surface area (Å²) in [6.45, 7) is 1.76. The third kappa shape index (κ3) is 6.84. The zero-order valence-corrected chi connectivity index (χ0v) is 17.9. The van der Waals surface area contributed by atoms with Crippen molar-refractivity contribution in [2.45, 2.75) is 25.9 Å². The van der Waals surface area contributed by atoms with Crippen molar-refractivity contribution in [3.05, 3.63) is 89.7 Å². The molecule has 3 aromatic carbocycles. The van der Waals surface area contributed by atoms with Gasteiger partial charge in [0.25, 0.3) is 0 Å². The van der Waals surface area contributed by atoms with Gasteiger partial charge in [0, 0.05) is 13.5 Å². The van der Waals surface area contributed by atoms with Crippen LogP contribution in [-0.4, -0.2) is 18.9 Å². The largest absolute Gasteiger partial charge is 0.497 e. The molecule has 0 radical (unpaired) electrons. The average Bonchev–Trinajstić information content (AvgIpc) is 2.79. The van der Waals surface area contributed by atoms with Crippen molar-refractivity contribution in [2.75, 3.05) is 7.11 Å². The topological polar surface area (TPSA) is 76.7 Å². The second kappa shape index (κ2) is 10.9. The lowest BCUT2D eigenvalue weighted by Crippen LogP contribution is -2.32. The number of nitrogens with one attached hydrogen (secondary N) is 2. The number of rotatable bonds is 9. The van der Waals surface area contributed by atoms with Crippen molar-refractivity contribution in [3.63, 3.8) is 0 Å². The van der Waals surface area contributed by atoms with Crippen LogP contribution >= 0.6 is 0 Å². The highest BCUT2D eigenvalue weighted by molar-refractivity contribution is 5.79. The predicted molar refractivity (Wildman–Crippen MR) is 119 cm³/mol. The van der Waals surface area contributed by atoms with E-state index >= 15 is 0 Å². The molecular weight excluding hydrogens is 411 g/mol. The average molecular weight is 436 g/mol. The van der Waals surface area contributed by atoms with Crippen LogP contribution in [0.5, 0.6) is 17.2 Å². The fourth-order valence-electron chi connectivity index (χ4n) is 3.11. The molecule has 2 N–H and O–H groups in total. The Bertz CT molecular complexity index is 1040. The van der Waals surface area contributed by atoms with E-state index in [1.807, 2.05) is 24.3 Å². The first kappa shape index (κ1) is 22.8. The Morgan fingerprint density at radius 2 is 1.44 bits per heavy atom. The molecule has 1 unspecified atom stereocenters. The number of carbonyl (C=O) groups excluding carboxylic acids is 2. The van der Waals surface area contributed by atoms with Gasteiger partial charge in [-0.3, -0.25) is 9.59 Å².